The summed E-state index contributed by atoms with van der Waals surface area (Å²) >= 11 is 17.6. The lowest BCUT2D eigenvalue weighted by Crippen LogP contribution is -2.21. The molecule has 0 heterocycles. The molecule has 23 heavy (non-hydrogen) atoms. The Morgan fingerprint density at radius 3 is 2.26 bits per heavy atom. The highest BCUT2D eigenvalue weighted by Gasteiger charge is 2.12. The van der Waals surface area contributed by atoms with Gasteiger partial charge in [0.25, 0.3) is 5.91 Å². The number of carbonyl (C=O) groups excluding carboxylic acids is 2. The van der Waals surface area contributed by atoms with Gasteiger partial charge in [0.05, 0.1) is 26.3 Å². The molecule has 7 heteroatoms. The molecule has 4 nitrogen and oxygen atoms in total. The Balaban J connectivity index is 1.94. The van der Waals surface area contributed by atoms with Crippen LogP contribution in [0.25, 0.3) is 0 Å². The van der Waals surface area contributed by atoms with Gasteiger partial charge < -0.3 is 10.1 Å². The third-order valence-electron chi connectivity index (χ3n) is 2.91. The van der Waals surface area contributed by atoms with Gasteiger partial charge in [-0.25, -0.2) is 4.79 Å². The van der Waals surface area contributed by atoms with Crippen molar-refractivity contribution >= 4 is 52.4 Å². The molecule has 0 atom stereocenters. The van der Waals surface area contributed by atoms with Crippen LogP contribution in [-0.2, 0) is 9.53 Å². The second kappa shape index (κ2) is 7.68. The van der Waals surface area contributed by atoms with Gasteiger partial charge in [-0.05, 0) is 31.2 Å². The van der Waals surface area contributed by atoms with E-state index in [0.29, 0.717) is 5.56 Å². The zero-order chi connectivity index (χ0) is 17.0. The Labute approximate surface area is 148 Å². The summed E-state index contributed by atoms with van der Waals surface area (Å²) in [6, 6.07) is 9.67. The zero-order valence-electron chi connectivity index (χ0n) is 12.0. The first kappa shape index (κ1) is 17.6. The second-order valence-electron chi connectivity index (χ2n) is 4.74. The normalized spacial score (nSPS) is 10.3. The Morgan fingerprint density at radius 1 is 1.00 bits per heavy atom. The molecule has 0 aliphatic heterocycles. The quantitative estimate of drug-likeness (QED) is 0.622. The smallest absolute Gasteiger partial charge is 0.338 e. The minimum absolute atomic E-state index is 0.234. The monoisotopic (exact) mass is 371 g/mol. The van der Waals surface area contributed by atoms with Crippen molar-refractivity contribution in [1.82, 2.24) is 0 Å². The van der Waals surface area contributed by atoms with Gasteiger partial charge in [-0.2, -0.15) is 0 Å². The van der Waals surface area contributed by atoms with E-state index in [2.05, 4.69) is 5.32 Å². The Bertz CT molecular complexity index is 745. The molecule has 0 aromatic heterocycles. The molecule has 2 aromatic carbocycles. The molecule has 0 radical (unpaired) electrons. The molecule has 0 unspecified atom stereocenters. The number of carbonyl (C=O) groups is 2. The van der Waals surface area contributed by atoms with Gasteiger partial charge >= 0.3 is 5.97 Å². The fourth-order valence-corrected chi connectivity index (χ4v) is 2.30. The largest absolute Gasteiger partial charge is 0.452 e. The summed E-state index contributed by atoms with van der Waals surface area (Å²) in [5.41, 5.74) is 1.68. The molecule has 0 aliphatic rings. The summed E-state index contributed by atoms with van der Waals surface area (Å²) in [5.74, 6) is -1.12. The highest BCUT2D eigenvalue weighted by molar-refractivity contribution is 6.44. The average Bonchev–Trinajstić information content (AvgIpc) is 2.51. The maximum Gasteiger partial charge on any atom is 0.338 e. The number of halogens is 3. The zero-order valence-corrected chi connectivity index (χ0v) is 14.3. The van der Waals surface area contributed by atoms with Crippen molar-refractivity contribution in [2.24, 2.45) is 0 Å². The van der Waals surface area contributed by atoms with Gasteiger partial charge in [0.15, 0.2) is 6.61 Å². The molecule has 0 bridgehead atoms. The van der Waals surface area contributed by atoms with E-state index in [1.54, 1.807) is 24.3 Å². The van der Waals surface area contributed by atoms with E-state index in [1.165, 1.54) is 12.1 Å². The number of anilines is 1. The van der Waals surface area contributed by atoms with Crippen molar-refractivity contribution in [3.63, 3.8) is 0 Å². The molecule has 2 rings (SSSR count). The number of rotatable bonds is 4. The van der Waals surface area contributed by atoms with Crippen molar-refractivity contribution < 1.29 is 14.3 Å². The summed E-state index contributed by atoms with van der Waals surface area (Å²) in [6.45, 7) is 1.47. The maximum absolute atomic E-state index is 11.8. The molecule has 1 N–H and O–H groups in total. The molecule has 0 saturated heterocycles. The third kappa shape index (κ3) is 4.86. The molecule has 0 fully saturated rings. The number of hydrogen-bond donors (Lipinski definition) is 1. The minimum atomic E-state index is -0.583. The van der Waals surface area contributed by atoms with Crippen LogP contribution in [0.2, 0.25) is 15.1 Å². The first-order chi connectivity index (χ1) is 10.9. The van der Waals surface area contributed by atoms with Gasteiger partial charge in [-0.3, -0.25) is 4.79 Å². The number of amides is 1. The topological polar surface area (TPSA) is 55.4 Å². The molecule has 120 valence electrons. The molecular weight excluding hydrogens is 361 g/mol. The highest BCUT2D eigenvalue weighted by Crippen LogP contribution is 2.32. The molecule has 0 spiro atoms. The Kier molecular flexibility index (Phi) is 5.88. The molecule has 0 saturated carbocycles. The van der Waals surface area contributed by atoms with Crippen molar-refractivity contribution in [3.05, 3.63) is 62.6 Å². The van der Waals surface area contributed by atoms with Crippen LogP contribution < -0.4 is 5.32 Å². The predicted molar refractivity (Wildman–Crippen MR) is 91.6 cm³/mol. The SMILES string of the molecule is Cc1ccc(C(=O)OCC(=O)Nc2cc(Cl)c(Cl)cc2Cl)cc1. The first-order valence-electron chi connectivity index (χ1n) is 6.55. The van der Waals surface area contributed by atoms with Crippen LogP contribution in [0.4, 0.5) is 5.69 Å². The predicted octanol–water partition coefficient (Wildman–Crippen LogP) is 4.75. The van der Waals surface area contributed by atoms with Crippen molar-refractivity contribution in [1.29, 1.82) is 0 Å². The molecular formula is C16H12Cl3NO3. The van der Waals surface area contributed by atoms with Crippen LogP contribution in [0.3, 0.4) is 0 Å². The molecule has 1 amide bonds. The van der Waals surface area contributed by atoms with Crippen molar-refractivity contribution in [3.8, 4) is 0 Å². The summed E-state index contributed by atoms with van der Waals surface area (Å²) < 4.78 is 4.94. The van der Waals surface area contributed by atoms with Gasteiger partial charge in [-0.15, -0.1) is 0 Å². The summed E-state index contributed by atoms with van der Waals surface area (Å²) in [7, 11) is 0. The minimum Gasteiger partial charge on any atom is -0.452 e. The average molecular weight is 373 g/mol. The van der Waals surface area contributed by atoms with Gasteiger partial charge in [0.2, 0.25) is 0 Å². The van der Waals surface area contributed by atoms with Crippen LogP contribution in [0, 0.1) is 6.92 Å². The lowest BCUT2D eigenvalue weighted by molar-refractivity contribution is -0.119. The van der Waals surface area contributed by atoms with Gasteiger partial charge in [-0.1, -0.05) is 52.5 Å². The number of aryl methyl sites for hydroxylation is 1. The van der Waals surface area contributed by atoms with Crippen LogP contribution in [0.5, 0.6) is 0 Å². The van der Waals surface area contributed by atoms with Crippen molar-refractivity contribution in [2.45, 2.75) is 6.92 Å². The lowest BCUT2D eigenvalue weighted by atomic mass is 10.1. The second-order valence-corrected chi connectivity index (χ2v) is 5.96. The van der Waals surface area contributed by atoms with Gasteiger partial charge in [0, 0.05) is 0 Å². The Hall–Kier alpha value is -1.75. The van der Waals surface area contributed by atoms with Crippen LogP contribution in [-0.4, -0.2) is 18.5 Å². The highest BCUT2D eigenvalue weighted by atomic mass is 35.5. The molecule has 2 aromatic rings. The third-order valence-corrected chi connectivity index (χ3v) is 3.94. The molecule has 0 aliphatic carbocycles. The van der Waals surface area contributed by atoms with Crippen molar-refractivity contribution in [2.75, 3.05) is 11.9 Å². The lowest BCUT2D eigenvalue weighted by Gasteiger charge is -2.09. The van der Waals surface area contributed by atoms with E-state index < -0.39 is 18.5 Å². The number of ether oxygens (including phenoxy) is 1. The van der Waals surface area contributed by atoms with E-state index in [1.807, 2.05) is 6.92 Å². The van der Waals surface area contributed by atoms with E-state index in [4.69, 9.17) is 39.5 Å². The summed E-state index contributed by atoms with van der Waals surface area (Å²) in [4.78, 5) is 23.6. The van der Waals surface area contributed by atoms with E-state index in [9.17, 15) is 9.59 Å². The van der Waals surface area contributed by atoms with E-state index in [-0.39, 0.29) is 20.8 Å². The van der Waals surface area contributed by atoms with E-state index >= 15 is 0 Å². The fraction of sp³-hybridized carbons (Fsp3) is 0.125. The standard InChI is InChI=1S/C16H12Cl3NO3/c1-9-2-4-10(5-3-9)16(22)23-8-15(21)20-14-7-12(18)11(17)6-13(14)19/h2-7H,8H2,1H3,(H,20,21). The first-order valence-corrected chi connectivity index (χ1v) is 7.68. The summed E-state index contributed by atoms with van der Waals surface area (Å²) in [5, 5.41) is 3.27. The Morgan fingerprint density at radius 2 is 1.61 bits per heavy atom. The number of benzene rings is 2. The maximum atomic E-state index is 11.8. The van der Waals surface area contributed by atoms with Crippen LogP contribution in [0.15, 0.2) is 36.4 Å². The van der Waals surface area contributed by atoms with Crippen LogP contribution >= 0.6 is 34.8 Å². The van der Waals surface area contributed by atoms with E-state index in [0.717, 1.165) is 5.56 Å². The fourth-order valence-electron chi connectivity index (χ4n) is 1.71. The number of nitrogens with one attached hydrogen (secondary N) is 1. The number of esters is 1. The number of hydrogen-bond acceptors (Lipinski definition) is 3. The summed E-state index contributed by atoms with van der Waals surface area (Å²) in [6.07, 6.45) is 0. The van der Waals surface area contributed by atoms with Crippen LogP contribution in [0.1, 0.15) is 15.9 Å². The van der Waals surface area contributed by atoms with Gasteiger partial charge in [0.1, 0.15) is 0 Å².